The van der Waals surface area contributed by atoms with Crippen LogP contribution in [0.1, 0.15) is 38.7 Å². The van der Waals surface area contributed by atoms with Crippen LogP contribution in [0.3, 0.4) is 0 Å². The summed E-state index contributed by atoms with van der Waals surface area (Å²) in [6.45, 7) is 22.6. The molecule has 264 valence electrons. The first kappa shape index (κ1) is 39.4. The SMILES string of the molecule is C=CC(=C)OCCN(CCOC(=O)C=C)c1ccc(N=Nc2ccc(N=Nc3ccc(N=NC(/C=C\C(=C)CCCC)=C/C)cc3)c(C)c2)cc1. The molecular formula is C41H47N7O3. The highest BCUT2D eigenvalue weighted by molar-refractivity contribution is 5.81. The molecule has 10 heteroatoms. The maximum atomic E-state index is 11.5. The van der Waals surface area contributed by atoms with Crippen molar-refractivity contribution in [1.29, 1.82) is 0 Å². The van der Waals surface area contributed by atoms with Crippen molar-refractivity contribution in [3.63, 3.8) is 0 Å². The van der Waals surface area contributed by atoms with Gasteiger partial charge in [-0.25, -0.2) is 4.79 Å². The van der Waals surface area contributed by atoms with Gasteiger partial charge in [-0.3, -0.25) is 0 Å². The van der Waals surface area contributed by atoms with Gasteiger partial charge in [-0.2, -0.15) is 30.7 Å². The van der Waals surface area contributed by atoms with E-state index in [0.29, 0.717) is 42.5 Å². The lowest BCUT2D eigenvalue weighted by atomic mass is 10.1. The first-order chi connectivity index (χ1) is 24.7. The number of hydrogen-bond acceptors (Lipinski definition) is 10. The Morgan fingerprint density at radius 1 is 0.765 bits per heavy atom. The van der Waals surface area contributed by atoms with Crippen LogP contribution < -0.4 is 4.90 Å². The van der Waals surface area contributed by atoms with Gasteiger partial charge in [0.15, 0.2) is 0 Å². The largest absolute Gasteiger partial charge is 0.492 e. The van der Waals surface area contributed by atoms with Crippen LogP contribution in [0.25, 0.3) is 0 Å². The number of carbonyl (C=O) groups excluding carboxylic acids is 1. The van der Waals surface area contributed by atoms with Crippen molar-refractivity contribution in [2.24, 2.45) is 30.7 Å². The molecule has 0 saturated heterocycles. The standard InChI is InChI=1S/C41H47N7O3/c1-8-12-13-31(5)14-15-34(10-3)42-43-35-16-18-36(19-17-35)45-47-40-25-22-38(30-32(40)6)46-44-37-20-23-39(24-21-37)48(26-28-50-33(7)9-2)27-29-51-41(49)11-4/h9-11,14-25,30H,2,4-5,7-8,12-13,26-29H2,1,3,6H3/b15-14-,34-10+,43-42?,46-44?,47-45?. The smallest absolute Gasteiger partial charge is 0.330 e. The van der Waals surface area contributed by atoms with Crippen molar-refractivity contribution in [2.45, 2.75) is 40.0 Å². The Balaban J connectivity index is 1.59. The van der Waals surface area contributed by atoms with Gasteiger partial charge >= 0.3 is 5.97 Å². The van der Waals surface area contributed by atoms with E-state index in [1.807, 2.05) is 104 Å². The van der Waals surface area contributed by atoms with Gasteiger partial charge in [0.25, 0.3) is 0 Å². The molecule has 0 spiro atoms. The summed E-state index contributed by atoms with van der Waals surface area (Å²) in [5, 5.41) is 26.3. The second kappa shape index (κ2) is 21.8. The lowest BCUT2D eigenvalue weighted by Crippen LogP contribution is -2.31. The molecule has 0 unspecified atom stereocenters. The Morgan fingerprint density at radius 2 is 1.35 bits per heavy atom. The molecule has 0 saturated carbocycles. The number of esters is 1. The molecule has 0 heterocycles. The molecule has 0 aliphatic carbocycles. The lowest BCUT2D eigenvalue weighted by Gasteiger charge is -2.24. The van der Waals surface area contributed by atoms with Crippen LogP contribution in [-0.4, -0.2) is 32.3 Å². The highest BCUT2D eigenvalue weighted by Gasteiger charge is 2.09. The van der Waals surface area contributed by atoms with E-state index >= 15 is 0 Å². The zero-order valence-corrected chi connectivity index (χ0v) is 29.9. The molecule has 0 aliphatic rings. The molecule has 0 amide bonds. The third-order valence-corrected chi connectivity index (χ3v) is 7.37. The van der Waals surface area contributed by atoms with Crippen LogP contribution in [0.5, 0.6) is 0 Å². The Morgan fingerprint density at radius 3 is 1.96 bits per heavy atom. The van der Waals surface area contributed by atoms with Gasteiger partial charge in [-0.05, 0) is 111 Å². The summed E-state index contributed by atoms with van der Waals surface area (Å²) < 4.78 is 10.7. The molecule has 0 bridgehead atoms. The van der Waals surface area contributed by atoms with Crippen molar-refractivity contribution < 1.29 is 14.3 Å². The average Bonchev–Trinajstić information content (AvgIpc) is 3.15. The molecule has 10 nitrogen and oxygen atoms in total. The van der Waals surface area contributed by atoms with Gasteiger partial charge in [-0.1, -0.05) is 57.4 Å². The summed E-state index contributed by atoms with van der Waals surface area (Å²) in [6.07, 6.45) is 11.8. The molecule has 0 fully saturated rings. The van der Waals surface area contributed by atoms with E-state index in [4.69, 9.17) is 9.47 Å². The number of aryl methyl sites for hydroxylation is 1. The molecule has 0 aliphatic heterocycles. The highest BCUT2D eigenvalue weighted by Crippen LogP contribution is 2.29. The van der Waals surface area contributed by atoms with Crippen molar-refractivity contribution in [2.75, 3.05) is 31.2 Å². The van der Waals surface area contributed by atoms with Crippen molar-refractivity contribution >= 4 is 40.1 Å². The summed E-state index contributed by atoms with van der Waals surface area (Å²) in [7, 11) is 0. The van der Waals surface area contributed by atoms with E-state index < -0.39 is 5.97 Å². The predicted molar refractivity (Wildman–Crippen MR) is 207 cm³/mol. The van der Waals surface area contributed by atoms with Gasteiger partial charge in [0.1, 0.15) is 19.0 Å². The molecule has 0 radical (unpaired) electrons. The zero-order chi connectivity index (χ0) is 36.8. The first-order valence-electron chi connectivity index (χ1n) is 16.8. The fourth-order valence-electron chi connectivity index (χ4n) is 4.38. The number of anilines is 1. The van der Waals surface area contributed by atoms with Crippen LogP contribution in [0, 0.1) is 6.92 Å². The number of rotatable bonds is 21. The van der Waals surface area contributed by atoms with E-state index in [2.05, 4.69) is 63.9 Å². The monoisotopic (exact) mass is 685 g/mol. The Kier molecular flexibility index (Phi) is 16.9. The average molecular weight is 686 g/mol. The molecule has 3 aromatic rings. The number of carbonyl (C=O) groups is 1. The van der Waals surface area contributed by atoms with E-state index in [1.165, 1.54) is 0 Å². The third-order valence-electron chi connectivity index (χ3n) is 7.37. The highest BCUT2D eigenvalue weighted by atomic mass is 16.5. The quantitative estimate of drug-likeness (QED) is 0.0365. The van der Waals surface area contributed by atoms with Crippen LogP contribution in [0.2, 0.25) is 0 Å². The second-order valence-electron chi connectivity index (χ2n) is 11.3. The first-order valence-corrected chi connectivity index (χ1v) is 16.8. The van der Waals surface area contributed by atoms with Crippen LogP contribution in [-0.2, 0) is 14.3 Å². The van der Waals surface area contributed by atoms with Gasteiger partial charge in [0, 0.05) is 11.8 Å². The molecule has 0 aromatic heterocycles. The van der Waals surface area contributed by atoms with Gasteiger partial charge < -0.3 is 14.4 Å². The minimum absolute atomic E-state index is 0.204. The number of unbranched alkanes of at least 4 members (excludes halogenated alkanes) is 1. The Bertz CT molecular complexity index is 1760. The normalized spacial score (nSPS) is 11.8. The fraction of sp³-hybridized carbons (Fsp3) is 0.244. The van der Waals surface area contributed by atoms with Crippen LogP contribution in [0.15, 0.2) is 171 Å². The summed E-state index contributed by atoms with van der Waals surface area (Å²) in [6, 6.07) is 20.6. The summed E-state index contributed by atoms with van der Waals surface area (Å²) in [5.74, 6) is 0.0264. The maximum absolute atomic E-state index is 11.5. The third kappa shape index (κ3) is 14.5. The molecule has 0 N–H and O–H groups in total. The molecule has 51 heavy (non-hydrogen) atoms. The fourth-order valence-corrected chi connectivity index (χ4v) is 4.38. The number of azo groups is 3. The number of ether oxygens (including phenoxy) is 2. The van der Waals surface area contributed by atoms with Crippen molar-refractivity contribution in [1.82, 2.24) is 0 Å². The summed E-state index contributed by atoms with van der Waals surface area (Å²) in [4.78, 5) is 13.5. The number of hydrogen-bond donors (Lipinski definition) is 0. The minimum atomic E-state index is -0.467. The Labute approximate surface area is 301 Å². The zero-order valence-electron chi connectivity index (χ0n) is 29.9. The predicted octanol–water partition coefficient (Wildman–Crippen LogP) is 12.4. The van der Waals surface area contributed by atoms with Crippen molar-refractivity contribution in [3.05, 3.63) is 146 Å². The van der Waals surface area contributed by atoms with E-state index in [-0.39, 0.29) is 6.61 Å². The van der Waals surface area contributed by atoms with E-state index in [0.717, 1.165) is 59.2 Å². The van der Waals surface area contributed by atoms with Crippen LogP contribution >= 0.6 is 0 Å². The van der Waals surface area contributed by atoms with Gasteiger partial charge in [0.05, 0.1) is 47.2 Å². The van der Waals surface area contributed by atoms with Gasteiger partial charge in [0.2, 0.25) is 0 Å². The topological polar surface area (TPSA) is 113 Å². The lowest BCUT2D eigenvalue weighted by molar-refractivity contribution is -0.137. The second-order valence-corrected chi connectivity index (χ2v) is 11.3. The van der Waals surface area contributed by atoms with Crippen molar-refractivity contribution in [3.8, 4) is 0 Å². The Hall–Kier alpha value is -6.03. The van der Waals surface area contributed by atoms with E-state index in [1.54, 1.807) is 6.08 Å². The summed E-state index contributed by atoms with van der Waals surface area (Å²) in [5.41, 5.74) is 7.20. The molecule has 3 aromatic carbocycles. The maximum Gasteiger partial charge on any atom is 0.330 e. The molecule has 3 rings (SSSR count). The molecule has 0 atom stereocenters. The van der Waals surface area contributed by atoms with E-state index in [9.17, 15) is 4.79 Å². The minimum Gasteiger partial charge on any atom is -0.492 e. The number of allylic oxidation sites excluding steroid dienone is 5. The molecular weight excluding hydrogens is 638 g/mol. The summed E-state index contributed by atoms with van der Waals surface area (Å²) >= 11 is 0. The van der Waals surface area contributed by atoms with Crippen LogP contribution in [0.4, 0.5) is 34.1 Å². The number of nitrogens with zero attached hydrogens (tertiary/aromatic N) is 7. The number of benzene rings is 3. The van der Waals surface area contributed by atoms with Gasteiger partial charge in [-0.15, -0.1) is 0 Å².